The average Bonchev–Trinajstić information content (AvgIpc) is 3.25. The lowest BCUT2D eigenvalue weighted by Gasteiger charge is -2.17. The van der Waals surface area contributed by atoms with Crippen molar-refractivity contribution in [2.45, 2.75) is 5.75 Å². The molecule has 0 spiro atoms. The molecule has 0 saturated heterocycles. The Hall–Kier alpha value is -3.11. The number of aromatic nitrogens is 1. The molecule has 0 atom stereocenters. The second-order valence-electron chi connectivity index (χ2n) is 6.91. The number of fused-ring (bicyclic) bond motifs is 3. The van der Waals surface area contributed by atoms with Crippen LogP contribution in [-0.4, -0.2) is 38.8 Å². The van der Waals surface area contributed by atoms with Crippen LogP contribution < -0.4 is 14.8 Å². The van der Waals surface area contributed by atoms with Crippen molar-refractivity contribution in [1.29, 1.82) is 0 Å². The zero-order valence-electron chi connectivity index (χ0n) is 15.8. The molecule has 2 aromatic carbocycles. The Morgan fingerprint density at radius 2 is 1.90 bits per heavy atom. The number of furan rings is 1. The number of carbonyl (C=O) groups is 1. The van der Waals surface area contributed by atoms with Crippen LogP contribution in [0.15, 0.2) is 40.8 Å². The van der Waals surface area contributed by atoms with Gasteiger partial charge in [-0.25, -0.2) is 13.4 Å². The predicted octanol–water partition coefficient (Wildman–Crippen LogP) is 3.61. The summed E-state index contributed by atoms with van der Waals surface area (Å²) in [6.07, 6.45) is 1.12. The maximum absolute atomic E-state index is 12.9. The Morgan fingerprint density at radius 1 is 1.17 bits per heavy atom. The quantitative estimate of drug-likeness (QED) is 0.512. The molecule has 0 bridgehead atoms. The number of nitrogens with one attached hydrogen (secondary N) is 1. The van der Waals surface area contributed by atoms with E-state index in [4.69, 9.17) is 13.9 Å². The van der Waals surface area contributed by atoms with Gasteiger partial charge in [-0.2, -0.15) is 0 Å². The Kier molecular flexibility index (Phi) is 4.40. The highest BCUT2D eigenvalue weighted by molar-refractivity contribution is 7.89. The van der Waals surface area contributed by atoms with Crippen LogP contribution in [0.1, 0.15) is 16.1 Å². The van der Waals surface area contributed by atoms with E-state index in [0.717, 1.165) is 11.0 Å². The van der Waals surface area contributed by atoms with Gasteiger partial charge in [-0.05, 0) is 6.07 Å². The van der Waals surface area contributed by atoms with Gasteiger partial charge in [0.1, 0.15) is 18.8 Å². The average molecular weight is 444 g/mol. The first-order chi connectivity index (χ1) is 14.4. The van der Waals surface area contributed by atoms with E-state index < -0.39 is 15.7 Å². The van der Waals surface area contributed by atoms with Crippen LogP contribution in [0.3, 0.4) is 0 Å². The SMILES string of the molecule is CS(=O)(=O)Cc1c(C(=O)Nc2nc3cc4c(cc3s2)OCCO4)oc2ccccc12. The first kappa shape index (κ1) is 18.9. The molecule has 154 valence electrons. The van der Waals surface area contributed by atoms with Crippen LogP contribution in [-0.2, 0) is 15.6 Å². The van der Waals surface area contributed by atoms with Crippen molar-refractivity contribution in [2.75, 3.05) is 24.8 Å². The van der Waals surface area contributed by atoms with E-state index in [1.54, 1.807) is 30.3 Å². The van der Waals surface area contributed by atoms with Gasteiger partial charge in [0.2, 0.25) is 0 Å². The number of nitrogens with zero attached hydrogens (tertiary/aromatic N) is 1. The molecule has 0 aliphatic carbocycles. The lowest BCUT2D eigenvalue weighted by atomic mass is 10.1. The number of amides is 1. The summed E-state index contributed by atoms with van der Waals surface area (Å²) >= 11 is 1.28. The summed E-state index contributed by atoms with van der Waals surface area (Å²) in [5, 5.41) is 3.68. The smallest absolute Gasteiger partial charge is 0.293 e. The van der Waals surface area contributed by atoms with Crippen LogP contribution in [0.4, 0.5) is 5.13 Å². The number of sulfone groups is 1. The van der Waals surface area contributed by atoms with Crippen molar-refractivity contribution in [2.24, 2.45) is 0 Å². The van der Waals surface area contributed by atoms with Crippen molar-refractivity contribution in [1.82, 2.24) is 4.98 Å². The fraction of sp³-hybridized carbons (Fsp3) is 0.200. The third-order valence-corrected chi connectivity index (χ3v) is 6.33. The van der Waals surface area contributed by atoms with Gasteiger partial charge in [0.15, 0.2) is 32.2 Å². The third kappa shape index (κ3) is 3.48. The number of benzene rings is 2. The molecule has 0 saturated carbocycles. The van der Waals surface area contributed by atoms with Crippen molar-refractivity contribution in [3.8, 4) is 11.5 Å². The van der Waals surface area contributed by atoms with Gasteiger partial charge in [-0.15, -0.1) is 0 Å². The molecule has 0 radical (unpaired) electrons. The van der Waals surface area contributed by atoms with Crippen LogP contribution >= 0.6 is 11.3 Å². The zero-order chi connectivity index (χ0) is 20.9. The van der Waals surface area contributed by atoms with Gasteiger partial charge >= 0.3 is 0 Å². The highest BCUT2D eigenvalue weighted by Crippen LogP contribution is 2.38. The summed E-state index contributed by atoms with van der Waals surface area (Å²) < 4.78 is 41.5. The van der Waals surface area contributed by atoms with E-state index in [1.165, 1.54) is 11.3 Å². The Balaban J connectivity index is 1.51. The molecule has 3 heterocycles. The van der Waals surface area contributed by atoms with E-state index in [0.29, 0.717) is 51.9 Å². The molecule has 1 aliphatic heterocycles. The van der Waals surface area contributed by atoms with Crippen LogP contribution in [0.25, 0.3) is 21.2 Å². The number of ether oxygens (including phenoxy) is 2. The van der Waals surface area contributed by atoms with Gasteiger partial charge in [0.25, 0.3) is 5.91 Å². The van der Waals surface area contributed by atoms with Gasteiger partial charge in [-0.3, -0.25) is 10.1 Å². The second-order valence-corrected chi connectivity index (χ2v) is 10.1. The van der Waals surface area contributed by atoms with Crippen LogP contribution in [0.2, 0.25) is 0 Å². The summed E-state index contributed by atoms with van der Waals surface area (Å²) in [7, 11) is -3.38. The summed E-state index contributed by atoms with van der Waals surface area (Å²) in [4.78, 5) is 17.4. The minimum absolute atomic E-state index is 0.0353. The third-order valence-electron chi connectivity index (χ3n) is 4.58. The fourth-order valence-electron chi connectivity index (χ4n) is 3.36. The number of hydrogen-bond acceptors (Lipinski definition) is 8. The molecule has 5 rings (SSSR count). The fourth-order valence-corrected chi connectivity index (χ4v) is 5.04. The predicted molar refractivity (Wildman–Crippen MR) is 113 cm³/mol. The van der Waals surface area contributed by atoms with E-state index in [9.17, 15) is 13.2 Å². The lowest BCUT2D eigenvalue weighted by Crippen LogP contribution is -2.15. The normalized spacial score (nSPS) is 13.6. The van der Waals surface area contributed by atoms with E-state index >= 15 is 0 Å². The van der Waals surface area contributed by atoms with Crippen LogP contribution in [0, 0.1) is 0 Å². The van der Waals surface area contributed by atoms with Gasteiger partial charge < -0.3 is 13.9 Å². The topological polar surface area (TPSA) is 108 Å². The molecular formula is C20H16N2O6S2. The van der Waals surface area contributed by atoms with Crippen molar-refractivity contribution >= 4 is 53.4 Å². The van der Waals surface area contributed by atoms with Crippen molar-refractivity contribution < 1.29 is 27.1 Å². The Bertz CT molecular complexity index is 1360. The molecule has 2 aromatic heterocycles. The monoisotopic (exact) mass is 444 g/mol. The molecule has 0 fully saturated rings. The zero-order valence-corrected chi connectivity index (χ0v) is 17.4. The summed E-state index contributed by atoms with van der Waals surface area (Å²) in [5.74, 6) is 0.370. The van der Waals surface area contributed by atoms with Gasteiger partial charge in [0.05, 0.1) is 16.0 Å². The minimum atomic E-state index is -3.38. The van der Waals surface area contributed by atoms with Crippen molar-refractivity contribution in [3.05, 3.63) is 47.7 Å². The van der Waals surface area contributed by atoms with E-state index in [1.807, 2.05) is 6.07 Å². The number of anilines is 1. The molecule has 8 nitrogen and oxygen atoms in total. The first-order valence-corrected chi connectivity index (χ1v) is 11.9. The molecule has 1 amide bonds. The Labute approximate surface area is 175 Å². The Morgan fingerprint density at radius 3 is 2.67 bits per heavy atom. The standard InChI is InChI=1S/C20H16N2O6S2/c1-30(24,25)10-12-11-4-2-3-5-14(11)28-18(12)19(23)22-20-21-13-8-15-16(9-17(13)29-20)27-7-6-26-15/h2-5,8-9H,6-7,10H2,1H3,(H,21,22,23). The van der Waals surface area contributed by atoms with E-state index in [-0.39, 0.29) is 11.5 Å². The van der Waals surface area contributed by atoms with Gasteiger partial charge in [0, 0.05) is 29.3 Å². The summed E-state index contributed by atoms with van der Waals surface area (Å²) in [6, 6.07) is 10.6. The number of carbonyl (C=O) groups excluding carboxylic acids is 1. The van der Waals surface area contributed by atoms with E-state index in [2.05, 4.69) is 10.3 Å². The highest BCUT2D eigenvalue weighted by Gasteiger charge is 2.24. The maximum atomic E-state index is 12.9. The lowest BCUT2D eigenvalue weighted by molar-refractivity contribution is 0.0998. The summed E-state index contributed by atoms with van der Waals surface area (Å²) in [5.41, 5.74) is 1.46. The van der Waals surface area contributed by atoms with Crippen LogP contribution in [0.5, 0.6) is 11.5 Å². The molecule has 0 unspecified atom stereocenters. The number of para-hydroxylation sites is 1. The van der Waals surface area contributed by atoms with Gasteiger partial charge in [-0.1, -0.05) is 29.5 Å². The van der Waals surface area contributed by atoms with Crippen molar-refractivity contribution in [3.63, 3.8) is 0 Å². The second kappa shape index (κ2) is 6.99. The molecule has 1 aliphatic rings. The maximum Gasteiger partial charge on any atom is 0.293 e. The summed E-state index contributed by atoms with van der Waals surface area (Å²) in [6.45, 7) is 0.956. The number of hydrogen-bond donors (Lipinski definition) is 1. The molecule has 10 heteroatoms. The minimum Gasteiger partial charge on any atom is -0.486 e. The highest BCUT2D eigenvalue weighted by atomic mass is 32.2. The molecular weight excluding hydrogens is 428 g/mol. The molecule has 30 heavy (non-hydrogen) atoms. The number of rotatable bonds is 4. The first-order valence-electron chi connectivity index (χ1n) is 9.07. The molecule has 1 N–H and O–H groups in total. The molecule has 4 aromatic rings. The number of thiazole rings is 1. The largest absolute Gasteiger partial charge is 0.486 e.